The Morgan fingerprint density at radius 1 is 1.67 bits per heavy atom. The van der Waals surface area contributed by atoms with Crippen molar-refractivity contribution < 1.29 is 27.4 Å². The maximum absolute atomic E-state index is 12.7. The third kappa shape index (κ3) is 1.93. The standard InChI is InChI=1S/C9H11F3O3/c1-3-14-7(13)8(9(10,11)12)5-4-6(2)15-8/h4H,3,5H2,1-2H3. The van der Waals surface area contributed by atoms with Gasteiger partial charge in [-0.15, -0.1) is 0 Å². The van der Waals surface area contributed by atoms with Gasteiger partial charge in [-0.2, -0.15) is 13.2 Å². The van der Waals surface area contributed by atoms with Gasteiger partial charge in [0.25, 0.3) is 0 Å². The van der Waals surface area contributed by atoms with Crippen molar-refractivity contribution in [3.63, 3.8) is 0 Å². The van der Waals surface area contributed by atoms with Crippen LogP contribution in [-0.2, 0) is 14.3 Å². The summed E-state index contributed by atoms with van der Waals surface area (Å²) in [6.45, 7) is 2.70. The first-order valence-corrected chi connectivity index (χ1v) is 4.43. The molecular formula is C9H11F3O3. The lowest BCUT2D eigenvalue weighted by Gasteiger charge is -2.29. The Balaban J connectivity index is 2.95. The molecule has 1 atom stereocenters. The number of carbonyl (C=O) groups excluding carboxylic acids is 1. The number of carbonyl (C=O) groups is 1. The molecule has 1 rings (SSSR count). The van der Waals surface area contributed by atoms with E-state index >= 15 is 0 Å². The number of esters is 1. The van der Waals surface area contributed by atoms with Crippen molar-refractivity contribution in [2.75, 3.05) is 6.61 Å². The summed E-state index contributed by atoms with van der Waals surface area (Å²) >= 11 is 0. The fourth-order valence-electron chi connectivity index (χ4n) is 1.31. The zero-order valence-corrected chi connectivity index (χ0v) is 8.35. The average molecular weight is 224 g/mol. The molecule has 1 aliphatic rings. The van der Waals surface area contributed by atoms with Gasteiger partial charge >= 0.3 is 17.7 Å². The zero-order chi connectivity index (χ0) is 11.7. The van der Waals surface area contributed by atoms with E-state index in [1.54, 1.807) is 0 Å². The van der Waals surface area contributed by atoms with Gasteiger partial charge in [-0.25, -0.2) is 4.79 Å². The third-order valence-electron chi connectivity index (χ3n) is 2.08. The summed E-state index contributed by atoms with van der Waals surface area (Å²) in [6, 6.07) is 0. The largest absolute Gasteiger partial charge is 0.471 e. The second-order valence-electron chi connectivity index (χ2n) is 3.17. The number of rotatable bonds is 2. The summed E-state index contributed by atoms with van der Waals surface area (Å²) in [5.74, 6) is -1.30. The van der Waals surface area contributed by atoms with Gasteiger partial charge in [-0.1, -0.05) is 0 Å². The van der Waals surface area contributed by atoms with Crippen molar-refractivity contribution in [2.45, 2.75) is 32.0 Å². The minimum atomic E-state index is -4.77. The van der Waals surface area contributed by atoms with E-state index in [2.05, 4.69) is 9.47 Å². The Kier molecular flexibility index (Phi) is 2.97. The van der Waals surface area contributed by atoms with E-state index in [4.69, 9.17) is 0 Å². The number of ether oxygens (including phenoxy) is 2. The molecule has 0 spiro atoms. The number of alkyl halides is 3. The molecule has 86 valence electrons. The number of allylic oxidation sites excluding steroid dienone is 1. The van der Waals surface area contributed by atoms with E-state index in [0.29, 0.717) is 0 Å². The van der Waals surface area contributed by atoms with Crippen LogP contribution < -0.4 is 0 Å². The van der Waals surface area contributed by atoms with Crippen LogP contribution in [0.3, 0.4) is 0 Å². The number of hydrogen-bond donors (Lipinski definition) is 0. The number of halogens is 3. The monoisotopic (exact) mass is 224 g/mol. The molecule has 6 heteroatoms. The van der Waals surface area contributed by atoms with Crippen molar-refractivity contribution in [1.82, 2.24) is 0 Å². The lowest BCUT2D eigenvalue weighted by atomic mass is 10.0. The molecule has 0 aromatic rings. The molecule has 0 amide bonds. The first kappa shape index (κ1) is 11.9. The Morgan fingerprint density at radius 2 is 2.27 bits per heavy atom. The molecule has 0 N–H and O–H groups in total. The van der Waals surface area contributed by atoms with Crippen molar-refractivity contribution in [2.24, 2.45) is 0 Å². The van der Waals surface area contributed by atoms with Crippen LogP contribution in [0, 0.1) is 0 Å². The van der Waals surface area contributed by atoms with Crippen LogP contribution in [-0.4, -0.2) is 24.4 Å². The average Bonchev–Trinajstić information content (AvgIpc) is 2.48. The molecule has 1 heterocycles. The second kappa shape index (κ2) is 3.75. The molecule has 15 heavy (non-hydrogen) atoms. The van der Waals surface area contributed by atoms with E-state index in [1.807, 2.05) is 0 Å². The molecule has 1 aliphatic heterocycles. The van der Waals surface area contributed by atoms with Crippen molar-refractivity contribution in [3.8, 4) is 0 Å². The van der Waals surface area contributed by atoms with Crippen molar-refractivity contribution in [1.29, 1.82) is 0 Å². The Morgan fingerprint density at radius 3 is 2.60 bits per heavy atom. The first-order chi connectivity index (χ1) is 6.83. The minimum Gasteiger partial charge on any atom is -0.471 e. The quantitative estimate of drug-likeness (QED) is 0.674. The highest BCUT2D eigenvalue weighted by Gasteiger charge is 2.65. The Labute approximate surface area is 84.8 Å². The van der Waals surface area contributed by atoms with Crippen molar-refractivity contribution in [3.05, 3.63) is 11.8 Å². The second-order valence-corrected chi connectivity index (χ2v) is 3.17. The van der Waals surface area contributed by atoms with Gasteiger partial charge in [0, 0.05) is 6.42 Å². The van der Waals surface area contributed by atoms with Crippen molar-refractivity contribution >= 4 is 5.97 Å². The topological polar surface area (TPSA) is 35.5 Å². The highest BCUT2D eigenvalue weighted by molar-refractivity contribution is 5.81. The predicted molar refractivity (Wildman–Crippen MR) is 44.9 cm³/mol. The van der Waals surface area contributed by atoms with Crippen LogP contribution in [0.15, 0.2) is 11.8 Å². The maximum atomic E-state index is 12.7. The van der Waals surface area contributed by atoms with Crippen LogP contribution in [0.2, 0.25) is 0 Å². The summed E-state index contributed by atoms with van der Waals surface area (Å²) in [5, 5.41) is 0. The summed E-state index contributed by atoms with van der Waals surface area (Å²) in [7, 11) is 0. The Bertz CT molecular complexity index is 295. The van der Waals surface area contributed by atoms with Gasteiger partial charge in [0.1, 0.15) is 0 Å². The van der Waals surface area contributed by atoms with E-state index in [1.165, 1.54) is 19.9 Å². The zero-order valence-electron chi connectivity index (χ0n) is 8.35. The van der Waals surface area contributed by atoms with Gasteiger partial charge in [0.05, 0.1) is 12.4 Å². The first-order valence-electron chi connectivity index (χ1n) is 4.43. The molecular weight excluding hydrogens is 213 g/mol. The minimum absolute atomic E-state index is 0.0837. The third-order valence-corrected chi connectivity index (χ3v) is 2.08. The number of hydrogen-bond acceptors (Lipinski definition) is 3. The van der Waals surface area contributed by atoms with Crippen LogP contribution in [0.5, 0.6) is 0 Å². The molecule has 0 aromatic carbocycles. The highest BCUT2D eigenvalue weighted by Crippen LogP contribution is 2.43. The molecule has 0 aromatic heterocycles. The molecule has 0 fully saturated rings. The van der Waals surface area contributed by atoms with Crippen LogP contribution >= 0.6 is 0 Å². The molecule has 0 saturated heterocycles. The molecule has 0 bridgehead atoms. The van der Waals surface area contributed by atoms with Gasteiger partial charge in [0.15, 0.2) is 0 Å². The molecule has 0 saturated carbocycles. The maximum Gasteiger partial charge on any atom is 0.439 e. The molecule has 0 radical (unpaired) electrons. The van der Waals surface area contributed by atoms with Gasteiger partial charge < -0.3 is 9.47 Å². The lowest BCUT2D eigenvalue weighted by Crippen LogP contribution is -2.52. The fourth-order valence-corrected chi connectivity index (χ4v) is 1.31. The SMILES string of the molecule is CCOC(=O)C1(C(F)(F)F)CC=C(C)O1. The van der Waals surface area contributed by atoms with E-state index in [0.717, 1.165) is 0 Å². The van der Waals surface area contributed by atoms with Crippen LogP contribution in [0.4, 0.5) is 13.2 Å². The van der Waals surface area contributed by atoms with Gasteiger partial charge in [0.2, 0.25) is 0 Å². The summed E-state index contributed by atoms with van der Waals surface area (Å²) in [5.41, 5.74) is -2.84. The normalized spacial score (nSPS) is 25.8. The molecule has 3 nitrogen and oxygen atoms in total. The summed E-state index contributed by atoms with van der Waals surface area (Å²) in [6.07, 6.45) is -4.07. The summed E-state index contributed by atoms with van der Waals surface area (Å²) in [4.78, 5) is 11.3. The van der Waals surface area contributed by atoms with Gasteiger partial charge in [-0.3, -0.25) is 0 Å². The van der Waals surface area contributed by atoms with E-state index in [-0.39, 0.29) is 12.4 Å². The smallest absolute Gasteiger partial charge is 0.439 e. The van der Waals surface area contributed by atoms with E-state index in [9.17, 15) is 18.0 Å². The van der Waals surface area contributed by atoms with Gasteiger partial charge in [-0.05, 0) is 19.9 Å². The van der Waals surface area contributed by atoms with Crippen LogP contribution in [0.25, 0.3) is 0 Å². The fraction of sp³-hybridized carbons (Fsp3) is 0.667. The molecule has 0 aliphatic carbocycles. The predicted octanol–water partition coefficient (Wildman–Crippen LogP) is 2.17. The van der Waals surface area contributed by atoms with Crippen LogP contribution in [0.1, 0.15) is 20.3 Å². The highest BCUT2D eigenvalue weighted by atomic mass is 19.4. The lowest BCUT2D eigenvalue weighted by molar-refractivity contribution is -0.260. The molecule has 1 unspecified atom stereocenters. The Hall–Kier alpha value is -1.20. The van der Waals surface area contributed by atoms with E-state index < -0.39 is 24.2 Å². The summed E-state index contributed by atoms with van der Waals surface area (Å²) < 4.78 is 47.1.